The fraction of sp³-hybridized carbons (Fsp3) is 0.263. The van der Waals surface area contributed by atoms with Gasteiger partial charge < -0.3 is 25.3 Å². The molecular weight excluding hydrogens is 351 g/mol. The number of nitrogens with two attached hydrogens (primary N) is 1. The number of hydrogen-bond acceptors (Lipinski definition) is 7. The van der Waals surface area contributed by atoms with E-state index in [-0.39, 0.29) is 11.8 Å². The number of nitrogen functional groups attached to an aromatic ring is 1. The summed E-state index contributed by atoms with van der Waals surface area (Å²) < 4.78 is 29.5. The second-order valence-electron chi connectivity index (χ2n) is 5.92. The summed E-state index contributed by atoms with van der Waals surface area (Å²) in [7, 11) is 4.52. The van der Waals surface area contributed by atoms with Gasteiger partial charge in [0.05, 0.1) is 32.9 Å². The molecule has 0 aliphatic heterocycles. The second-order valence-corrected chi connectivity index (χ2v) is 5.92. The molecule has 0 spiro atoms. The van der Waals surface area contributed by atoms with Gasteiger partial charge in [0.2, 0.25) is 5.95 Å². The van der Waals surface area contributed by atoms with E-state index in [9.17, 15) is 4.39 Å². The molecule has 27 heavy (non-hydrogen) atoms. The fourth-order valence-electron chi connectivity index (χ4n) is 2.77. The lowest BCUT2D eigenvalue weighted by Crippen LogP contribution is -2.11. The van der Waals surface area contributed by atoms with Crippen molar-refractivity contribution in [3.63, 3.8) is 0 Å². The average Bonchev–Trinajstić information content (AvgIpc) is 2.66. The summed E-state index contributed by atoms with van der Waals surface area (Å²) in [5.41, 5.74) is 7.42. The first-order valence-electron chi connectivity index (χ1n) is 8.26. The minimum atomic E-state index is -0.431. The number of halogens is 1. The monoisotopic (exact) mass is 372 g/mol. The van der Waals surface area contributed by atoms with Crippen molar-refractivity contribution < 1.29 is 18.6 Å². The molecule has 0 saturated heterocycles. The van der Waals surface area contributed by atoms with Crippen LogP contribution in [0.3, 0.4) is 0 Å². The molecular formula is C19H21FN4O3. The van der Waals surface area contributed by atoms with Crippen molar-refractivity contribution in [2.75, 3.05) is 32.4 Å². The largest absolute Gasteiger partial charge is 0.494 e. The molecule has 3 rings (SSSR count). The number of aromatic nitrogens is 2. The molecule has 2 aromatic carbocycles. The van der Waals surface area contributed by atoms with Crippen molar-refractivity contribution in [2.24, 2.45) is 0 Å². The van der Waals surface area contributed by atoms with Gasteiger partial charge in [0.1, 0.15) is 5.82 Å². The maximum Gasteiger partial charge on any atom is 0.225 e. The van der Waals surface area contributed by atoms with Gasteiger partial charge in [-0.25, -0.2) is 9.37 Å². The number of nitrogens with zero attached hydrogens (tertiary/aromatic N) is 2. The maximum atomic E-state index is 13.9. The summed E-state index contributed by atoms with van der Waals surface area (Å²) in [5.74, 6) is 1.48. The van der Waals surface area contributed by atoms with Gasteiger partial charge in [0.25, 0.3) is 0 Å². The van der Waals surface area contributed by atoms with E-state index in [0.717, 1.165) is 5.56 Å². The highest BCUT2D eigenvalue weighted by atomic mass is 19.1. The molecule has 0 aliphatic carbocycles. The summed E-state index contributed by atoms with van der Waals surface area (Å²) in [6, 6.07) is 7.98. The van der Waals surface area contributed by atoms with Gasteiger partial charge in [-0.2, -0.15) is 4.98 Å². The number of hydrogen-bond donors (Lipinski definition) is 2. The first kappa shape index (κ1) is 18.5. The normalized spacial score (nSPS) is 11.9. The van der Waals surface area contributed by atoms with E-state index in [4.69, 9.17) is 19.9 Å². The van der Waals surface area contributed by atoms with Crippen LogP contribution in [0.4, 0.5) is 16.2 Å². The van der Waals surface area contributed by atoms with E-state index >= 15 is 0 Å². The molecule has 7 nitrogen and oxygen atoms in total. The summed E-state index contributed by atoms with van der Waals surface area (Å²) in [6.07, 6.45) is 0. The van der Waals surface area contributed by atoms with Gasteiger partial charge in [0, 0.05) is 11.5 Å². The van der Waals surface area contributed by atoms with Crippen LogP contribution < -0.4 is 25.3 Å². The number of nitrogens with one attached hydrogen (secondary N) is 1. The summed E-state index contributed by atoms with van der Waals surface area (Å²) in [5, 5.41) is 3.79. The van der Waals surface area contributed by atoms with E-state index in [1.807, 2.05) is 6.92 Å². The predicted octanol–water partition coefficient (Wildman–Crippen LogP) is 3.55. The van der Waals surface area contributed by atoms with Crippen LogP contribution in [-0.2, 0) is 0 Å². The van der Waals surface area contributed by atoms with Crippen LogP contribution in [0.5, 0.6) is 17.2 Å². The first-order chi connectivity index (χ1) is 13.0. The Hall–Kier alpha value is -3.29. The molecule has 0 radical (unpaired) electrons. The average molecular weight is 372 g/mol. The van der Waals surface area contributed by atoms with Crippen LogP contribution in [0.25, 0.3) is 10.9 Å². The maximum absolute atomic E-state index is 13.9. The Morgan fingerprint density at radius 3 is 2.26 bits per heavy atom. The molecule has 0 amide bonds. The van der Waals surface area contributed by atoms with Gasteiger partial charge >= 0.3 is 0 Å². The quantitative estimate of drug-likeness (QED) is 0.684. The Bertz CT molecular complexity index is 981. The molecule has 1 aromatic heterocycles. The standard InChI is InChI=1S/C19H21FN4O3/c1-10(11-5-6-15(25-2)13(20)7-11)22-19-23-14-9-17(27-4)16(26-3)8-12(14)18(21)24-19/h5-10H,1-4H3,(H3,21,22,23,24). The van der Waals surface area contributed by atoms with E-state index in [2.05, 4.69) is 15.3 Å². The number of rotatable bonds is 6. The third-order valence-electron chi connectivity index (χ3n) is 4.25. The lowest BCUT2D eigenvalue weighted by atomic mass is 10.1. The van der Waals surface area contributed by atoms with Crippen molar-refractivity contribution >= 4 is 22.7 Å². The number of benzene rings is 2. The zero-order valence-electron chi connectivity index (χ0n) is 15.5. The third kappa shape index (κ3) is 3.64. The lowest BCUT2D eigenvalue weighted by Gasteiger charge is -2.16. The second kappa shape index (κ2) is 7.53. The molecule has 0 aliphatic rings. The molecule has 142 valence electrons. The minimum absolute atomic E-state index is 0.193. The Morgan fingerprint density at radius 2 is 1.63 bits per heavy atom. The molecule has 3 aromatic rings. The summed E-state index contributed by atoms with van der Waals surface area (Å²) in [6.45, 7) is 1.87. The Kier molecular flexibility index (Phi) is 5.16. The van der Waals surface area contributed by atoms with E-state index in [1.165, 1.54) is 13.2 Å². The lowest BCUT2D eigenvalue weighted by molar-refractivity contribution is 0.356. The number of fused-ring (bicyclic) bond motifs is 1. The van der Waals surface area contributed by atoms with Crippen LogP contribution in [0.15, 0.2) is 30.3 Å². The van der Waals surface area contributed by atoms with Crippen molar-refractivity contribution in [2.45, 2.75) is 13.0 Å². The van der Waals surface area contributed by atoms with Gasteiger partial charge in [-0.05, 0) is 30.7 Å². The van der Waals surface area contributed by atoms with Crippen molar-refractivity contribution in [3.8, 4) is 17.2 Å². The number of ether oxygens (including phenoxy) is 3. The molecule has 0 bridgehead atoms. The van der Waals surface area contributed by atoms with Crippen LogP contribution in [0, 0.1) is 5.82 Å². The van der Waals surface area contributed by atoms with E-state index in [0.29, 0.717) is 34.2 Å². The Balaban J connectivity index is 1.93. The zero-order valence-corrected chi connectivity index (χ0v) is 15.5. The minimum Gasteiger partial charge on any atom is -0.494 e. The third-order valence-corrected chi connectivity index (χ3v) is 4.25. The van der Waals surface area contributed by atoms with Crippen molar-refractivity contribution in [1.82, 2.24) is 9.97 Å². The van der Waals surface area contributed by atoms with Crippen LogP contribution in [0.2, 0.25) is 0 Å². The van der Waals surface area contributed by atoms with E-state index < -0.39 is 5.82 Å². The van der Waals surface area contributed by atoms with Crippen LogP contribution in [0.1, 0.15) is 18.5 Å². The van der Waals surface area contributed by atoms with Crippen molar-refractivity contribution in [3.05, 3.63) is 41.7 Å². The molecule has 1 unspecified atom stereocenters. The molecule has 1 heterocycles. The summed E-state index contributed by atoms with van der Waals surface area (Å²) >= 11 is 0. The highest BCUT2D eigenvalue weighted by molar-refractivity contribution is 5.91. The summed E-state index contributed by atoms with van der Waals surface area (Å²) in [4.78, 5) is 8.78. The molecule has 1 atom stereocenters. The van der Waals surface area contributed by atoms with Gasteiger partial charge in [-0.3, -0.25) is 0 Å². The smallest absolute Gasteiger partial charge is 0.225 e. The molecule has 8 heteroatoms. The molecule has 3 N–H and O–H groups in total. The van der Waals surface area contributed by atoms with Gasteiger partial charge in [-0.1, -0.05) is 6.07 Å². The SMILES string of the molecule is COc1ccc(C(C)Nc2nc(N)c3cc(OC)c(OC)cc3n2)cc1F. The highest BCUT2D eigenvalue weighted by Gasteiger charge is 2.14. The van der Waals surface area contributed by atoms with Crippen LogP contribution in [-0.4, -0.2) is 31.3 Å². The van der Waals surface area contributed by atoms with Crippen molar-refractivity contribution in [1.29, 1.82) is 0 Å². The highest BCUT2D eigenvalue weighted by Crippen LogP contribution is 2.34. The van der Waals surface area contributed by atoms with Gasteiger partial charge in [-0.15, -0.1) is 0 Å². The Labute approximate surface area is 156 Å². The van der Waals surface area contributed by atoms with Gasteiger partial charge in [0.15, 0.2) is 23.1 Å². The van der Waals surface area contributed by atoms with Crippen LogP contribution >= 0.6 is 0 Å². The Morgan fingerprint density at radius 1 is 0.963 bits per heavy atom. The van der Waals surface area contributed by atoms with E-state index in [1.54, 1.807) is 38.5 Å². The number of anilines is 2. The first-order valence-corrected chi connectivity index (χ1v) is 8.26. The predicted molar refractivity (Wildman–Crippen MR) is 102 cm³/mol. The number of methoxy groups -OCH3 is 3. The zero-order chi connectivity index (χ0) is 19.6. The molecule has 0 saturated carbocycles. The molecule has 0 fully saturated rings. The topological polar surface area (TPSA) is 91.5 Å². The fourth-order valence-corrected chi connectivity index (χ4v) is 2.77.